The first-order valence-corrected chi connectivity index (χ1v) is 11.2. The molecular weight excluding hydrogens is 450 g/mol. The van der Waals surface area contributed by atoms with Crippen molar-refractivity contribution in [3.63, 3.8) is 0 Å². The first-order chi connectivity index (χ1) is 15.7. The molecule has 9 nitrogen and oxygen atoms in total. The van der Waals surface area contributed by atoms with E-state index in [1.165, 1.54) is 11.2 Å². The molecule has 0 bridgehead atoms. The Morgan fingerprint density at radius 2 is 1.91 bits per heavy atom. The highest BCUT2D eigenvalue weighted by atomic mass is 32.1. The van der Waals surface area contributed by atoms with Crippen LogP contribution in [0.15, 0.2) is 34.6 Å². The molecule has 1 rings (SSSR count). The van der Waals surface area contributed by atoms with E-state index < -0.39 is 12.5 Å². The lowest BCUT2D eigenvalue weighted by atomic mass is 10.1. The van der Waals surface area contributed by atoms with Crippen LogP contribution in [0.1, 0.15) is 19.4 Å². The number of allylic oxidation sites excluding steroid dienone is 1. The van der Waals surface area contributed by atoms with Crippen LogP contribution < -0.4 is 32.5 Å². The number of hydrogen-bond acceptors (Lipinski definition) is 10. The number of hydrazine groups is 2. The van der Waals surface area contributed by atoms with Crippen molar-refractivity contribution in [3.8, 4) is 0 Å². The molecular formula is C21H38F2N8OS. The molecule has 0 aliphatic heterocycles. The topological polar surface area (TPSA) is 118 Å². The zero-order valence-corrected chi connectivity index (χ0v) is 20.7. The first-order valence-electron chi connectivity index (χ1n) is 10.7. The van der Waals surface area contributed by atoms with Crippen LogP contribution in [0.4, 0.5) is 14.5 Å². The minimum absolute atomic E-state index is 0.0854. The Morgan fingerprint density at radius 3 is 2.42 bits per heavy atom. The van der Waals surface area contributed by atoms with E-state index in [2.05, 4.69) is 28.7 Å². The average molecular weight is 489 g/mol. The van der Waals surface area contributed by atoms with Crippen LogP contribution in [0.3, 0.4) is 0 Å². The van der Waals surface area contributed by atoms with Gasteiger partial charge in [-0.25, -0.2) is 8.78 Å². The molecule has 33 heavy (non-hydrogen) atoms. The van der Waals surface area contributed by atoms with Gasteiger partial charge in [0.25, 0.3) is 0 Å². The monoisotopic (exact) mass is 488 g/mol. The maximum atomic E-state index is 14.8. The average Bonchev–Trinajstić information content (AvgIpc) is 2.81. The summed E-state index contributed by atoms with van der Waals surface area (Å²) >= 11 is 4.20. The van der Waals surface area contributed by atoms with Gasteiger partial charge in [0.1, 0.15) is 18.3 Å². The number of alkyl halides is 1. The molecule has 0 heterocycles. The lowest BCUT2D eigenvalue weighted by Gasteiger charge is -2.25. The maximum absolute atomic E-state index is 14.8. The molecule has 0 aliphatic rings. The van der Waals surface area contributed by atoms with Gasteiger partial charge in [0.05, 0.1) is 36.9 Å². The van der Waals surface area contributed by atoms with Gasteiger partial charge in [-0.2, -0.15) is 5.12 Å². The molecule has 0 aliphatic carbocycles. The molecule has 0 amide bonds. The van der Waals surface area contributed by atoms with Crippen LogP contribution in [0.25, 0.3) is 5.70 Å². The van der Waals surface area contributed by atoms with E-state index in [1.54, 1.807) is 31.1 Å². The Kier molecular flexibility index (Phi) is 12.9. The number of nitrogens with two attached hydrogens (primary N) is 2. The molecule has 0 aromatic heterocycles. The van der Waals surface area contributed by atoms with E-state index in [9.17, 15) is 13.9 Å². The van der Waals surface area contributed by atoms with Crippen molar-refractivity contribution < 1.29 is 13.9 Å². The number of rotatable bonds is 15. The van der Waals surface area contributed by atoms with Crippen LogP contribution in [-0.2, 0) is 0 Å². The molecule has 0 atom stereocenters. The Bertz CT molecular complexity index is 804. The molecule has 188 valence electrons. The Morgan fingerprint density at radius 1 is 1.24 bits per heavy atom. The van der Waals surface area contributed by atoms with Gasteiger partial charge >= 0.3 is 0 Å². The third-order valence-electron chi connectivity index (χ3n) is 4.98. The van der Waals surface area contributed by atoms with Crippen molar-refractivity contribution in [2.24, 2.45) is 11.6 Å². The van der Waals surface area contributed by atoms with E-state index in [4.69, 9.17) is 11.6 Å². The predicted octanol–water partition coefficient (Wildman–Crippen LogP) is 0.739. The van der Waals surface area contributed by atoms with Crippen molar-refractivity contribution in [3.05, 3.63) is 46.0 Å². The van der Waals surface area contributed by atoms with Gasteiger partial charge in [0.15, 0.2) is 0 Å². The van der Waals surface area contributed by atoms with E-state index in [0.717, 1.165) is 0 Å². The second kappa shape index (κ2) is 14.8. The Balaban J connectivity index is 2.91. The van der Waals surface area contributed by atoms with Gasteiger partial charge in [-0.1, -0.05) is 6.07 Å². The van der Waals surface area contributed by atoms with Crippen LogP contribution in [0.5, 0.6) is 0 Å². The quantitative estimate of drug-likeness (QED) is 0.0830. The van der Waals surface area contributed by atoms with Gasteiger partial charge in [0.2, 0.25) is 0 Å². The molecule has 12 heteroatoms. The molecule has 0 fully saturated rings. The zero-order chi connectivity index (χ0) is 25.0. The SMILES string of the molecule is CCN(CC)c1ccc(/C(NN(N)CCN/C(CO)=C(\N)N(C)CNC)=C(/S)CF)cc1F. The number of aliphatic hydroxyl groups excluding tert-OH is 1. The second-order valence-electron chi connectivity index (χ2n) is 7.26. The van der Waals surface area contributed by atoms with Crippen LogP contribution in [-0.4, -0.2) is 75.3 Å². The summed E-state index contributed by atoms with van der Waals surface area (Å²) in [5.74, 6) is 6.01. The number of benzene rings is 1. The summed E-state index contributed by atoms with van der Waals surface area (Å²) in [7, 11) is 3.57. The second-order valence-corrected chi connectivity index (χ2v) is 7.80. The maximum Gasteiger partial charge on any atom is 0.147 e. The van der Waals surface area contributed by atoms with Crippen LogP contribution in [0, 0.1) is 5.82 Å². The summed E-state index contributed by atoms with van der Waals surface area (Å²) in [6.45, 7) is 5.19. The minimum Gasteiger partial charge on any atom is -0.390 e. The third kappa shape index (κ3) is 8.55. The Labute approximate surface area is 200 Å². The fraction of sp³-hybridized carbons (Fsp3) is 0.524. The van der Waals surface area contributed by atoms with Crippen molar-refractivity contribution >= 4 is 24.0 Å². The largest absolute Gasteiger partial charge is 0.390 e. The highest BCUT2D eigenvalue weighted by Crippen LogP contribution is 2.26. The van der Waals surface area contributed by atoms with Gasteiger partial charge < -0.3 is 36.7 Å². The van der Waals surface area contributed by atoms with Gasteiger partial charge in [-0.3, -0.25) is 5.84 Å². The van der Waals surface area contributed by atoms with Gasteiger partial charge in [0, 0.05) is 37.2 Å². The minimum atomic E-state index is -0.845. The van der Waals surface area contributed by atoms with Gasteiger partial charge in [-0.05, 0) is 33.0 Å². The fourth-order valence-corrected chi connectivity index (χ4v) is 3.33. The summed E-state index contributed by atoms with van der Waals surface area (Å²) < 4.78 is 28.2. The summed E-state index contributed by atoms with van der Waals surface area (Å²) in [4.78, 5) is 3.71. The Hall–Kier alpha value is -2.25. The number of thiol groups is 1. The predicted molar refractivity (Wildman–Crippen MR) is 134 cm³/mol. The smallest absolute Gasteiger partial charge is 0.147 e. The molecule has 1 aromatic rings. The highest BCUT2D eigenvalue weighted by Gasteiger charge is 2.15. The molecule has 1 aromatic carbocycles. The standard InChI is InChI=1S/C21H38F2N8OS/c1-5-30(6-2)18-8-7-15(11-16(18)23)20(19(33)12-22)28-31(25)10-9-27-17(13-32)21(24)29(4)14-26-3/h7-8,11,26-28,32-33H,5-6,9-10,12-14,24-25H2,1-4H3/b20-19-,21-17+. The summed E-state index contributed by atoms with van der Waals surface area (Å²) in [5, 5.41) is 16.8. The number of nitrogens with one attached hydrogen (secondary N) is 3. The lowest BCUT2D eigenvalue weighted by Crippen LogP contribution is -2.47. The summed E-state index contributed by atoms with van der Waals surface area (Å²) in [5.41, 5.74) is 10.5. The molecule has 0 spiro atoms. The highest BCUT2D eigenvalue weighted by molar-refractivity contribution is 7.84. The van der Waals surface area contributed by atoms with Gasteiger partial charge in [-0.15, -0.1) is 12.6 Å². The van der Waals surface area contributed by atoms with E-state index >= 15 is 0 Å². The fourth-order valence-electron chi connectivity index (χ4n) is 3.15. The molecule has 0 saturated heterocycles. The molecule has 0 radical (unpaired) electrons. The lowest BCUT2D eigenvalue weighted by molar-refractivity contribution is 0.233. The molecule has 8 N–H and O–H groups in total. The normalized spacial score (nSPS) is 12.9. The third-order valence-corrected chi connectivity index (χ3v) is 5.32. The number of aliphatic hydroxyl groups is 1. The van der Waals surface area contributed by atoms with Crippen molar-refractivity contribution in [1.82, 2.24) is 26.1 Å². The van der Waals surface area contributed by atoms with Crippen LogP contribution >= 0.6 is 12.6 Å². The summed E-state index contributed by atoms with van der Waals surface area (Å²) in [6, 6.07) is 4.69. The first kappa shape index (κ1) is 28.8. The van der Waals surface area contributed by atoms with Crippen LogP contribution in [0.2, 0.25) is 0 Å². The number of halogens is 2. The number of nitrogens with zero attached hydrogens (tertiary/aromatic N) is 3. The summed E-state index contributed by atoms with van der Waals surface area (Å²) in [6.07, 6.45) is 0. The van der Waals surface area contributed by atoms with Crippen molar-refractivity contribution in [2.75, 3.05) is 65.1 Å². The number of anilines is 1. The van der Waals surface area contributed by atoms with E-state index in [-0.39, 0.29) is 23.8 Å². The van der Waals surface area contributed by atoms with E-state index in [0.29, 0.717) is 49.1 Å². The molecule has 0 unspecified atom stereocenters. The zero-order valence-electron chi connectivity index (χ0n) is 19.8. The van der Waals surface area contributed by atoms with E-state index in [1.807, 2.05) is 18.7 Å². The number of hydrogen-bond donors (Lipinski definition) is 7. The molecule has 0 saturated carbocycles. The van der Waals surface area contributed by atoms with Crippen molar-refractivity contribution in [1.29, 1.82) is 0 Å². The van der Waals surface area contributed by atoms with Crippen molar-refractivity contribution in [2.45, 2.75) is 13.8 Å².